The number of fused-ring (bicyclic) bond motifs is 4. The third kappa shape index (κ3) is 5.92. The molecule has 4 heterocycles. The second-order valence-corrected chi connectivity index (χ2v) is 15.6. The maximum absolute atomic E-state index is 14.6. The van der Waals surface area contributed by atoms with Gasteiger partial charge in [0, 0.05) is 42.0 Å². The van der Waals surface area contributed by atoms with Crippen molar-refractivity contribution in [1.29, 1.82) is 0 Å². The Hall–Kier alpha value is -5.95. The van der Waals surface area contributed by atoms with Crippen LogP contribution in [0.2, 0.25) is 0 Å². The summed E-state index contributed by atoms with van der Waals surface area (Å²) in [6.45, 7) is 7.43. The molecular formula is C49H47N3O4. The second kappa shape index (κ2) is 14.6. The molecule has 1 aromatic heterocycles. The highest BCUT2D eigenvalue weighted by atomic mass is 16.3. The fourth-order valence-corrected chi connectivity index (χ4v) is 9.32. The van der Waals surface area contributed by atoms with E-state index in [1.165, 1.54) is 47.3 Å². The number of furan rings is 1. The highest BCUT2D eigenvalue weighted by molar-refractivity contribution is 6.30. The quantitative estimate of drug-likeness (QED) is 0.119. The monoisotopic (exact) mass is 741 g/mol. The van der Waals surface area contributed by atoms with E-state index >= 15 is 0 Å². The van der Waals surface area contributed by atoms with Crippen molar-refractivity contribution in [2.45, 2.75) is 77.7 Å². The van der Waals surface area contributed by atoms with Crippen LogP contribution in [0.4, 0.5) is 11.4 Å². The molecular weight excluding hydrogens is 695 g/mol. The standard InChI is InChI=1S/C49H47N3O4/c1-4-6-27-50-46(44-45(49(50)55)47(51(48(44)54)28-7-5-2)35-19-15-33(16-20-35)43-26-24-38(30-53)56-43)34-17-13-32(14-18-34)36-21-25-42-40(29-36)39-9-8-10-41(39)52(42)37-22-11-31(3)12-23-37/h11-26,29-30,39,41H,4-10,27-28H2,1-3H3. The number of carbonyl (C=O) groups is 3. The van der Waals surface area contributed by atoms with Gasteiger partial charge in [0.25, 0.3) is 11.8 Å². The maximum Gasteiger partial charge on any atom is 0.261 e. The molecule has 0 bridgehead atoms. The third-order valence-electron chi connectivity index (χ3n) is 12.1. The van der Waals surface area contributed by atoms with E-state index in [1.54, 1.807) is 12.1 Å². The van der Waals surface area contributed by atoms with Crippen LogP contribution in [0.25, 0.3) is 33.8 Å². The minimum Gasteiger partial charge on any atom is -0.453 e. The molecule has 56 heavy (non-hydrogen) atoms. The fourth-order valence-electron chi connectivity index (χ4n) is 9.32. The summed E-state index contributed by atoms with van der Waals surface area (Å²) in [5.74, 6) is 1.13. The van der Waals surface area contributed by atoms with Gasteiger partial charge < -0.3 is 19.1 Å². The first-order valence-corrected chi connectivity index (χ1v) is 20.3. The Balaban J connectivity index is 1.09. The van der Waals surface area contributed by atoms with Gasteiger partial charge in [0.05, 0.1) is 22.5 Å². The summed E-state index contributed by atoms with van der Waals surface area (Å²) in [5.41, 5.74) is 12.4. The van der Waals surface area contributed by atoms with Crippen molar-refractivity contribution >= 4 is 40.9 Å². The summed E-state index contributed by atoms with van der Waals surface area (Å²) >= 11 is 0. The van der Waals surface area contributed by atoms with E-state index in [0.717, 1.165) is 47.9 Å². The zero-order chi connectivity index (χ0) is 38.5. The lowest BCUT2D eigenvalue weighted by Crippen LogP contribution is -2.31. The zero-order valence-corrected chi connectivity index (χ0v) is 32.4. The molecule has 3 aliphatic heterocycles. The molecule has 2 unspecified atom stereocenters. The number of amides is 2. The lowest BCUT2D eigenvalue weighted by molar-refractivity contribution is -0.124. The molecule has 2 amide bonds. The van der Waals surface area contributed by atoms with Gasteiger partial charge in [0.1, 0.15) is 5.76 Å². The summed E-state index contributed by atoms with van der Waals surface area (Å²) in [6.07, 6.45) is 7.83. The Labute approximate surface area is 328 Å². The number of rotatable bonds is 12. The van der Waals surface area contributed by atoms with Crippen LogP contribution in [0.3, 0.4) is 0 Å². The first kappa shape index (κ1) is 35.7. The Bertz CT molecular complexity index is 2400. The molecule has 2 atom stereocenters. The van der Waals surface area contributed by atoms with Gasteiger partial charge in [-0.15, -0.1) is 0 Å². The van der Waals surface area contributed by atoms with Gasteiger partial charge in [-0.2, -0.15) is 0 Å². The Morgan fingerprint density at radius 3 is 1.80 bits per heavy atom. The summed E-state index contributed by atoms with van der Waals surface area (Å²) in [6, 6.07) is 35.9. The Morgan fingerprint density at radius 1 is 0.661 bits per heavy atom. The molecule has 0 spiro atoms. The molecule has 4 aliphatic rings. The molecule has 0 saturated heterocycles. The average Bonchev–Trinajstić information content (AvgIpc) is 4.06. The molecule has 1 fully saturated rings. The maximum atomic E-state index is 14.6. The predicted molar refractivity (Wildman–Crippen MR) is 222 cm³/mol. The van der Waals surface area contributed by atoms with Crippen molar-refractivity contribution in [2.24, 2.45) is 0 Å². The SMILES string of the molecule is CCCCN1C(=O)C2=C(c3ccc(-c4ccc(C=O)o4)cc3)N(CCCC)C(=O)C2=C1c1ccc(-c2ccc3c(c2)C2CCCC2N3c2ccc(C)cc2)cc1. The number of hydrogen-bond acceptors (Lipinski definition) is 5. The topological polar surface area (TPSA) is 74.1 Å². The first-order valence-electron chi connectivity index (χ1n) is 20.3. The number of aryl methyl sites for hydroxylation is 1. The van der Waals surface area contributed by atoms with Gasteiger partial charge in [0.15, 0.2) is 12.0 Å². The van der Waals surface area contributed by atoms with Gasteiger partial charge in [-0.25, -0.2) is 0 Å². The van der Waals surface area contributed by atoms with Crippen LogP contribution in [-0.2, 0) is 9.59 Å². The van der Waals surface area contributed by atoms with Gasteiger partial charge >= 0.3 is 0 Å². The molecule has 4 aromatic carbocycles. The summed E-state index contributed by atoms with van der Waals surface area (Å²) in [5, 5.41) is 0. The van der Waals surface area contributed by atoms with Crippen LogP contribution in [0.15, 0.2) is 119 Å². The van der Waals surface area contributed by atoms with Crippen molar-refractivity contribution in [2.75, 3.05) is 18.0 Å². The van der Waals surface area contributed by atoms with Crippen molar-refractivity contribution in [1.82, 2.24) is 9.80 Å². The number of carbonyl (C=O) groups excluding carboxylic acids is 3. The summed E-state index contributed by atoms with van der Waals surface area (Å²) < 4.78 is 5.66. The number of anilines is 2. The zero-order valence-electron chi connectivity index (χ0n) is 32.4. The summed E-state index contributed by atoms with van der Waals surface area (Å²) in [4.78, 5) is 46.6. The molecule has 7 heteroatoms. The average molecular weight is 742 g/mol. The molecule has 9 rings (SSSR count). The number of benzene rings is 4. The summed E-state index contributed by atoms with van der Waals surface area (Å²) in [7, 11) is 0. The molecule has 0 N–H and O–H groups in total. The van der Waals surface area contributed by atoms with E-state index in [1.807, 2.05) is 34.1 Å². The number of hydrogen-bond donors (Lipinski definition) is 0. The second-order valence-electron chi connectivity index (χ2n) is 15.6. The van der Waals surface area contributed by atoms with E-state index in [9.17, 15) is 14.4 Å². The number of unbranched alkanes of at least 4 members (excludes halogenated alkanes) is 2. The first-order chi connectivity index (χ1) is 27.4. The van der Waals surface area contributed by atoms with Crippen LogP contribution in [-0.4, -0.2) is 47.0 Å². The van der Waals surface area contributed by atoms with Gasteiger partial charge in [-0.05, 0) is 96.8 Å². The minimum absolute atomic E-state index is 0.122. The Morgan fingerprint density at radius 2 is 1.23 bits per heavy atom. The minimum atomic E-state index is -0.122. The van der Waals surface area contributed by atoms with Crippen LogP contribution >= 0.6 is 0 Å². The molecule has 1 aliphatic carbocycles. The van der Waals surface area contributed by atoms with Gasteiger partial charge in [-0.3, -0.25) is 14.4 Å². The van der Waals surface area contributed by atoms with E-state index < -0.39 is 0 Å². The van der Waals surface area contributed by atoms with Gasteiger partial charge in [-0.1, -0.05) is 105 Å². The lowest BCUT2D eigenvalue weighted by atomic mass is 9.93. The number of aldehydes is 1. The van der Waals surface area contributed by atoms with Crippen LogP contribution in [0, 0.1) is 6.92 Å². The van der Waals surface area contributed by atoms with E-state index in [2.05, 4.69) is 92.4 Å². The van der Waals surface area contributed by atoms with Crippen molar-refractivity contribution < 1.29 is 18.8 Å². The molecule has 5 aromatic rings. The van der Waals surface area contributed by atoms with E-state index in [0.29, 0.717) is 59.6 Å². The molecule has 0 radical (unpaired) electrons. The van der Waals surface area contributed by atoms with Crippen LogP contribution in [0.5, 0.6) is 0 Å². The van der Waals surface area contributed by atoms with E-state index in [-0.39, 0.29) is 17.6 Å². The van der Waals surface area contributed by atoms with Gasteiger partial charge in [0.2, 0.25) is 0 Å². The smallest absolute Gasteiger partial charge is 0.261 e. The number of nitrogens with zero attached hydrogens (tertiary/aromatic N) is 3. The predicted octanol–water partition coefficient (Wildman–Crippen LogP) is 10.9. The third-order valence-corrected chi connectivity index (χ3v) is 12.1. The molecule has 7 nitrogen and oxygen atoms in total. The molecule has 1 saturated carbocycles. The highest BCUT2D eigenvalue weighted by Gasteiger charge is 2.48. The normalized spacial score (nSPS) is 18.7. The lowest BCUT2D eigenvalue weighted by Gasteiger charge is -2.27. The van der Waals surface area contributed by atoms with Crippen LogP contribution in [0.1, 0.15) is 97.5 Å². The van der Waals surface area contributed by atoms with Crippen LogP contribution < -0.4 is 4.90 Å². The fraction of sp³-hybridized carbons (Fsp3) is 0.286. The van der Waals surface area contributed by atoms with E-state index in [4.69, 9.17) is 4.42 Å². The molecule has 282 valence electrons. The van der Waals surface area contributed by atoms with Crippen molar-refractivity contribution in [3.05, 3.63) is 142 Å². The van der Waals surface area contributed by atoms with Crippen molar-refractivity contribution in [3.8, 4) is 22.5 Å². The largest absolute Gasteiger partial charge is 0.453 e. The highest BCUT2D eigenvalue weighted by Crippen LogP contribution is 2.53. The Kier molecular flexibility index (Phi) is 9.32. The van der Waals surface area contributed by atoms with Crippen molar-refractivity contribution in [3.63, 3.8) is 0 Å².